The van der Waals surface area contributed by atoms with Crippen molar-refractivity contribution < 1.29 is 19.8 Å². The highest BCUT2D eigenvalue weighted by molar-refractivity contribution is 7.42. The van der Waals surface area contributed by atoms with Gasteiger partial charge in [-0.3, -0.25) is 9.59 Å². The third kappa shape index (κ3) is 1.86. The van der Waals surface area contributed by atoms with Gasteiger partial charge in [-0.25, -0.2) is 10.9 Å². The SMILES string of the molecule is O=C(O)C1NNC(C(=O)O)P1. The molecule has 1 aliphatic heterocycles. The van der Waals surface area contributed by atoms with E-state index in [0.717, 1.165) is 0 Å². The lowest BCUT2D eigenvalue weighted by atomic mass is 10.7. The van der Waals surface area contributed by atoms with E-state index in [4.69, 9.17) is 10.2 Å². The fraction of sp³-hybridized carbons (Fsp3) is 0.500. The molecular formula is C4H7N2O4P. The minimum Gasteiger partial charge on any atom is -0.480 e. The number of rotatable bonds is 2. The Morgan fingerprint density at radius 1 is 1.09 bits per heavy atom. The van der Waals surface area contributed by atoms with Crippen LogP contribution in [0.4, 0.5) is 0 Å². The Morgan fingerprint density at radius 3 is 1.64 bits per heavy atom. The predicted molar refractivity (Wildman–Crippen MR) is 37.4 cm³/mol. The fourth-order valence-corrected chi connectivity index (χ4v) is 1.63. The molecule has 0 bridgehead atoms. The maximum absolute atomic E-state index is 10.3. The topological polar surface area (TPSA) is 98.7 Å². The average Bonchev–Trinajstić information content (AvgIpc) is 2.33. The van der Waals surface area contributed by atoms with Crippen LogP contribution in [-0.4, -0.2) is 33.7 Å². The first-order valence-electron chi connectivity index (χ1n) is 2.84. The lowest BCUT2D eigenvalue weighted by Gasteiger charge is -1.99. The van der Waals surface area contributed by atoms with Crippen LogP contribution in [-0.2, 0) is 9.59 Å². The number of carboxylic acids is 2. The van der Waals surface area contributed by atoms with Crippen LogP contribution >= 0.6 is 8.58 Å². The van der Waals surface area contributed by atoms with Gasteiger partial charge in [0, 0.05) is 0 Å². The van der Waals surface area contributed by atoms with Gasteiger partial charge in [-0.15, -0.1) is 0 Å². The normalized spacial score (nSPS) is 32.4. The summed E-state index contributed by atoms with van der Waals surface area (Å²) in [6, 6.07) is 0. The first-order chi connectivity index (χ1) is 5.11. The third-order valence-corrected chi connectivity index (χ3v) is 2.65. The molecule has 1 saturated heterocycles. The van der Waals surface area contributed by atoms with Gasteiger partial charge in [0.15, 0.2) is 0 Å². The first kappa shape index (κ1) is 8.39. The maximum Gasteiger partial charge on any atom is 0.326 e. The van der Waals surface area contributed by atoms with Crippen molar-refractivity contribution in [2.45, 2.75) is 11.6 Å². The number of hydrogen-bond donors (Lipinski definition) is 4. The van der Waals surface area contributed by atoms with E-state index in [-0.39, 0.29) is 8.58 Å². The van der Waals surface area contributed by atoms with Gasteiger partial charge >= 0.3 is 11.9 Å². The molecule has 1 rings (SSSR count). The molecule has 7 heteroatoms. The largest absolute Gasteiger partial charge is 0.480 e. The van der Waals surface area contributed by atoms with Gasteiger partial charge in [-0.1, -0.05) is 8.58 Å². The lowest BCUT2D eigenvalue weighted by molar-refractivity contribution is -0.138. The minimum absolute atomic E-state index is 0.170. The first-order valence-corrected chi connectivity index (χ1v) is 3.99. The van der Waals surface area contributed by atoms with Crippen molar-refractivity contribution in [3.8, 4) is 0 Å². The van der Waals surface area contributed by atoms with Crippen LogP contribution in [0.1, 0.15) is 0 Å². The van der Waals surface area contributed by atoms with Crippen LogP contribution in [0.5, 0.6) is 0 Å². The second kappa shape index (κ2) is 3.13. The standard InChI is InChI=1S/C4H7N2O4P/c7-3(8)1-5-6-2(11-1)4(9)10/h1-2,5-6,11H,(H,7,8)(H,9,10). The zero-order valence-corrected chi connectivity index (χ0v) is 6.37. The molecule has 1 fully saturated rings. The van der Waals surface area contributed by atoms with Gasteiger partial charge in [-0.05, 0) is 0 Å². The van der Waals surface area contributed by atoms with E-state index < -0.39 is 23.5 Å². The molecule has 0 aliphatic carbocycles. The Morgan fingerprint density at radius 2 is 1.45 bits per heavy atom. The van der Waals surface area contributed by atoms with Crippen LogP contribution in [0.25, 0.3) is 0 Å². The summed E-state index contributed by atoms with van der Waals surface area (Å²) >= 11 is 0. The van der Waals surface area contributed by atoms with Gasteiger partial charge < -0.3 is 10.2 Å². The molecule has 0 saturated carbocycles. The smallest absolute Gasteiger partial charge is 0.326 e. The number of carboxylic acid groups (broad SMARTS) is 2. The molecule has 1 aliphatic rings. The highest BCUT2D eigenvalue weighted by atomic mass is 31.1. The van der Waals surface area contributed by atoms with Crippen LogP contribution in [0.2, 0.25) is 0 Å². The molecule has 11 heavy (non-hydrogen) atoms. The quantitative estimate of drug-likeness (QED) is 0.388. The zero-order chi connectivity index (χ0) is 8.43. The number of nitrogens with one attached hydrogen (secondary N) is 2. The molecule has 0 spiro atoms. The van der Waals surface area contributed by atoms with E-state index in [1.54, 1.807) is 0 Å². The number of aliphatic carboxylic acids is 2. The van der Waals surface area contributed by atoms with E-state index in [9.17, 15) is 9.59 Å². The van der Waals surface area contributed by atoms with Gasteiger partial charge in [0.1, 0.15) is 11.6 Å². The van der Waals surface area contributed by atoms with Crippen molar-refractivity contribution in [3.63, 3.8) is 0 Å². The summed E-state index contributed by atoms with van der Waals surface area (Å²) < 4.78 is 0. The summed E-state index contributed by atoms with van der Waals surface area (Å²) in [5.74, 6) is -3.59. The Kier molecular flexibility index (Phi) is 2.38. The second-order valence-electron chi connectivity index (χ2n) is 2.00. The number of hydrazine groups is 1. The van der Waals surface area contributed by atoms with Crippen molar-refractivity contribution in [2.24, 2.45) is 0 Å². The molecule has 2 unspecified atom stereocenters. The van der Waals surface area contributed by atoms with Crippen molar-refractivity contribution in [1.82, 2.24) is 10.9 Å². The Labute approximate surface area is 63.7 Å². The van der Waals surface area contributed by atoms with E-state index >= 15 is 0 Å². The molecule has 2 atom stereocenters. The molecule has 0 radical (unpaired) electrons. The molecule has 0 amide bonds. The summed E-state index contributed by atoms with van der Waals surface area (Å²) in [5.41, 5.74) is 4.74. The van der Waals surface area contributed by atoms with Crippen molar-refractivity contribution in [2.75, 3.05) is 0 Å². The maximum atomic E-state index is 10.3. The van der Waals surface area contributed by atoms with Gasteiger partial charge in [0.2, 0.25) is 0 Å². The molecule has 0 aromatic heterocycles. The van der Waals surface area contributed by atoms with E-state index in [2.05, 4.69) is 10.9 Å². The van der Waals surface area contributed by atoms with Crippen molar-refractivity contribution in [3.05, 3.63) is 0 Å². The van der Waals surface area contributed by atoms with Gasteiger partial charge in [-0.2, -0.15) is 0 Å². The van der Waals surface area contributed by atoms with Gasteiger partial charge in [0.25, 0.3) is 0 Å². The monoisotopic (exact) mass is 178 g/mol. The summed E-state index contributed by atoms with van der Waals surface area (Å²) in [5, 5.41) is 16.8. The highest BCUT2D eigenvalue weighted by Crippen LogP contribution is 2.26. The lowest BCUT2D eigenvalue weighted by Crippen LogP contribution is -2.39. The second-order valence-corrected chi connectivity index (χ2v) is 3.49. The Bertz CT molecular complexity index is 177. The number of carbonyl (C=O) groups is 2. The number of hydrogen-bond acceptors (Lipinski definition) is 4. The molecular weight excluding hydrogens is 171 g/mol. The van der Waals surface area contributed by atoms with Crippen molar-refractivity contribution >= 4 is 20.5 Å². The molecule has 62 valence electrons. The summed E-state index contributed by atoms with van der Waals surface area (Å²) in [4.78, 5) is 20.6. The summed E-state index contributed by atoms with van der Waals surface area (Å²) in [6.07, 6.45) is 0. The van der Waals surface area contributed by atoms with Crippen LogP contribution in [0.3, 0.4) is 0 Å². The van der Waals surface area contributed by atoms with Crippen LogP contribution < -0.4 is 10.9 Å². The van der Waals surface area contributed by atoms with Crippen LogP contribution in [0.15, 0.2) is 0 Å². The third-order valence-electron chi connectivity index (χ3n) is 1.20. The van der Waals surface area contributed by atoms with Crippen LogP contribution in [0, 0.1) is 0 Å². The fourth-order valence-electron chi connectivity index (χ4n) is 0.683. The Hall–Kier alpha value is -0.710. The van der Waals surface area contributed by atoms with E-state index in [1.165, 1.54) is 0 Å². The average molecular weight is 178 g/mol. The highest BCUT2D eigenvalue weighted by Gasteiger charge is 2.32. The molecule has 6 nitrogen and oxygen atoms in total. The zero-order valence-electron chi connectivity index (χ0n) is 5.37. The van der Waals surface area contributed by atoms with E-state index in [1.807, 2.05) is 0 Å². The predicted octanol–water partition coefficient (Wildman–Crippen LogP) is -1.41. The summed E-state index contributed by atoms with van der Waals surface area (Å²) in [7, 11) is -0.170. The Balaban J connectivity index is 2.47. The van der Waals surface area contributed by atoms with E-state index in [0.29, 0.717) is 0 Å². The van der Waals surface area contributed by atoms with Gasteiger partial charge in [0.05, 0.1) is 0 Å². The molecule has 0 aromatic carbocycles. The molecule has 0 aromatic rings. The minimum atomic E-state index is -1.03. The molecule has 4 N–H and O–H groups in total. The van der Waals surface area contributed by atoms with Crippen molar-refractivity contribution in [1.29, 1.82) is 0 Å². The molecule has 1 heterocycles. The summed E-state index contributed by atoms with van der Waals surface area (Å²) in [6.45, 7) is 0.